The van der Waals surface area contributed by atoms with Gasteiger partial charge in [-0.25, -0.2) is 0 Å². The molecule has 1 atom stereocenters. The molecule has 0 saturated carbocycles. The van der Waals surface area contributed by atoms with Gasteiger partial charge in [0.2, 0.25) is 0 Å². The van der Waals surface area contributed by atoms with Crippen LogP contribution in [0.4, 0.5) is 5.69 Å². The molecule has 1 unspecified atom stereocenters. The highest BCUT2D eigenvalue weighted by molar-refractivity contribution is 6.51. The van der Waals surface area contributed by atoms with Crippen molar-refractivity contribution in [1.29, 1.82) is 0 Å². The lowest BCUT2D eigenvalue weighted by Crippen LogP contribution is -2.29. The van der Waals surface area contributed by atoms with E-state index in [2.05, 4.69) is 0 Å². The number of carbonyl (C=O) groups is 2. The Kier molecular flexibility index (Phi) is 6.45. The number of aliphatic hydroxyl groups excluding tert-OH is 1. The Morgan fingerprint density at radius 1 is 1.00 bits per heavy atom. The summed E-state index contributed by atoms with van der Waals surface area (Å²) < 4.78 is 21.5. The van der Waals surface area contributed by atoms with Crippen molar-refractivity contribution in [2.45, 2.75) is 6.04 Å². The van der Waals surface area contributed by atoms with Crippen LogP contribution in [0.2, 0.25) is 10.0 Å². The first kappa shape index (κ1) is 23.5. The van der Waals surface area contributed by atoms with Crippen LogP contribution in [0.3, 0.4) is 0 Å². The van der Waals surface area contributed by atoms with Gasteiger partial charge in [0.25, 0.3) is 11.7 Å². The average molecular weight is 504 g/mol. The number of ether oxygens (including phenoxy) is 3. The minimum absolute atomic E-state index is 0.0535. The molecule has 10 heteroatoms. The predicted molar refractivity (Wildman–Crippen MR) is 126 cm³/mol. The van der Waals surface area contributed by atoms with E-state index in [9.17, 15) is 14.7 Å². The maximum Gasteiger partial charge on any atom is 0.300 e. The number of hydrogen-bond acceptors (Lipinski definition) is 7. The number of halogens is 2. The molecule has 4 rings (SSSR count). The molecule has 1 aliphatic heterocycles. The summed E-state index contributed by atoms with van der Waals surface area (Å²) in [6, 6.07) is 9.69. The first-order valence-electron chi connectivity index (χ1n) is 9.91. The molecule has 1 aromatic heterocycles. The lowest BCUT2D eigenvalue weighted by molar-refractivity contribution is -0.132. The Bertz CT molecular complexity index is 1280. The third-order valence-corrected chi connectivity index (χ3v) is 5.84. The third-order valence-electron chi connectivity index (χ3n) is 5.34. The molecule has 2 heterocycles. The molecule has 8 nitrogen and oxygen atoms in total. The number of nitrogens with zero attached hydrogens (tertiary/aromatic N) is 1. The largest absolute Gasteiger partial charge is 0.507 e. The zero-order chi connectivity index (χ0) is 24.6. The van der Waals surface area contributed by atoms with E-state index in [-0.39, 0.29) is 32.7 Å². The molecule has 1 amide bonds. The smallest absolute Gasteiger partial charge is 0.300 e. The number of amides is 1. The van der Waals surface area contributed by atoms with E-state index in [1.54, 1.807) is 30.3 Å². The highest BCUT2D eigenvalue weighted by atomic mass is 35.5. The predicted octanol–water partition coefficient (Wildman–Crippen LogP) is 5.24. The van der Waals surface area contributed by atoms with E-state index >= 15 is 0 Å². The van der Waals surface area contributed by atoms with Crippen molar-refractivity contribution >= 4 is 46.3 Å². The minimum atomic E-state index is -1.10. The Morgan fingerprint density at radius 3 is 2.24 bits per heavy atom. The maximum absolute atomic E-state index is 13.3. The van der Waals surface area contributed by atoms with E-state index in [1.807, 2.05) is 0 Å². The number of carbonyl (C=O) groups excluding carboxylic acids is 2. The molecule has 3 aromatic rings. The summed E-state index contributed by atoms with van der Waals surface area (Å²) in [4.78, 5) is 27.7. The van der Waals surface area contributed by atoms with Crippen molar-refractivity contribution < 1.29 is 33.3 Å². The minimum Gasteiger partial charge on any atom is -0.507 e. The molecule has 0 bridgehead atoms. The topological polar surface area (TPSA) is 98.4 Å². The van der Waals surface area contributed by atoms with Crippen LogP contribution in [0, 0.1) is 0 Å². The van der Waals surface area contributed by atoms with Gasteiger partial charge < -0.3 is 23.7 Å². The first-order chi connectivity index (χ1) is 16.3. The summed E-state index contributed by atoms with van der Waals surface area (Å²) in [5.74, 6) is -1.19. The summed E-state index contributed by atoms with van der Waals surface area (Å²) in [6.07, 6.45) is 1.40. The van der Waals surface area contributed by atoms with E-state index in [4.69, 9.17) is 41.8 Å². The highest BCUT2D eigenvalue weighted by Gasteiger charge is 2.49. The van der Waals surface area contributed by atoms with E-state index < -0.39 is 23.5 Å². The van der Waals surface area contributed by atoms with Crippen molar-refractivity contribution in [1.82, 2.24) is 0 Å². The van der Waals surface area contributed by atoms with E-state index in [0.29, 0.717) is 17.2 Å². The number of Topliss-reactive ketones (excluding diaryl/α,β-unsaturated/α-hetero) is 1. The average Bonchev–Trinajstić information content (AvgIpc) is 3.44. The molecule has 176 valence electrons. The molecular formula is C24H19Cl2NO7. The SMILES string of the molecule is COc1cc(OC)cc(N2C(=O)C(=O)/C(=C(\O)c3cc(Cl)cc(Cl)c3OC)C2c2ccco2)c1. The molecule has 2 aromatic carbocycles. The van der Waals surface area contributed by atoms with Gasteiger partial charge in [-0.15, -0.1) is 0 Å². The molecule has 0 radical (unpaired) electrons. The van der Waals surface area contributed by atoms with Gasteiger partial charge in [-0.3, -0.25) is 14.5 Å². The van der Waals surface area contributed by atoms with Crippen LogP contribution >= 0.6 is 23.2 Å². The van der Waals surface area contributed by atoms with Crippen molar-refractivity contribution in [3.63, 3.8) is 0 Å². The van der Waals surface area contributed by atoms with E-state index in [0.717, 1.165) is 0 Å². The number of hydrogen-bond donors (Lipinski definition) is 1. The normalized spacial score (nSPS) is 17.2. The van der Waals surface area contributed by atoms with Crippen LogP contribution in [0.15, 0.2) is 58.7 Å². The lowest BCUT2D eigenvalue weighted by atomic mass is 9.98. The molecule has 1 saturated heterocycles. The Balaban J connectivity index is 1.99. The number of rotatable bonds is 6. The van der Waals surface area contributed by atoms with Crippen LogP contribution in [0.25, 0.3) is 5.76 Å². The quantitative estimate of drug-likeness (QED) is 0.279. The van der Waals surface area contributed by atoms with Gasteiger partial charge in [0.1, 0.15) is 34.8 Å². The second kappa shape index (κ2) is 9.32. The van der Waals surface area contributed by atoms with Crippen LogP contribution in [-0.2, 0) is 9.59 Å². The van der Waals surface area contributed by atoms with Crippen molar-refractivity contribution in [2.75, 3.05) is 26.2 Å². The molecule has 1 N–H and O–H groups in total. The van der Waals surface area contributed by atoms with Gasteiger partial charge >= 0.3 is 0 Å². The number of aliphatic hydroxyl groups is 1. The molecule has 1 aliphatic rings. The third kappa shape index (κ3) is 3.95. The fourth-order valence-electron chi connectivity index (χ4n) is 3.84. The summed E-state index contributed by atoms with van der Waals surface area (Å²) in [7, 11) is 4.29. The zero-order valence-electron chi connectivity index (χ0n) is 18.3. The number of furan rings is 1. The Morgan fingerprint density at radius 2 is 1.68 bits per heavy atom. The van der Waals surface area contributed by atoms with Gasteiger partial charge in [-0.05, 0) is 24.3 Å². The molecule has 1 fully saturated rings. The Labute approximate surface area is 204 Å². The van der Waals surface area contributed by atoms with Crippen LogP contribution < -0.4 is 19.1 Å². The molecule has 0 spiro atoms. The monoisotopic (exact) mass is 503 g/mol. The molecule has 0 aliphatic carbocycles. The lowest BCUT2D eigenvalue weighted by Gasteiger charge is -2.24. The highest BCUT2D eigenvalue weighted by Crippen LogP contribution is 2.46. The fraction of sp³-hybridized carbons (Fsp3) is 0.167. The summed E-state index contributed by atoms with van der Waals surface area (Å²) in [5.41, 5.74) is 0.131. The molecule has 34 heavy (non-hydrogen) atoms. The van der Waals surface area contributed by atoms with Gasteiger partial charge in [0.15, 0.2) is 0 Å². The van der Waals surface area contributed by atoms with Gasteiger partial charge in [-0.1, -0.05) is 23.2 Å². The Hall–Kier alpha value is -3.62. The first-order valence-corrected chi connectivity index (χ1v) is 10.7. The van der Waals surface area contributed by atoms with Crippen molar-refractivity contribution in [3.05, 3.63) is 75.7 Å². The number of methoxy groups -OCH3 is 3. The fourth-order valence-corrected chi connectivity index (χ4v) is 4.41. The van der Waals surface area contributed by atoms with Crippen molar-refractivity contribution in [2.24, 2.45) is 0 Å². The van der Waals surface area contributed by atoms with E-state index in [1.165, 1.54) is 44.6 Å². The van der Waals surface area contributed by atoms with Crippen molar-refractivity contribution in [3.8, 4) is 17.2 Å². The summed E-state index contributed by atoms with van der Waals surface area (Å²) in [5, 5.41) is 11.6. The van der Waals surface area contributed by atoms with Gasteiger partial charge in [-0.2, -0.15) is 0 Å². The second-order valence-electron chi connectivity index (χ2n) is 7.22. The van der Waals surface area contributed by atoms with Crippen LogP contribution in [0.1, 0.15) is 17.4 Å². The van der Waals surface area contributed by atoms with Crippen LogP contribution in [0.5, 0.6) is 17.2 Å². The maximum atomic E-state index is 13.3. The molecular weight excluding hydrogens is 485 g/mol. The standard InChI is InChI=1S/C24H19Cl2NO7/c1-31-14-9-13(10-15(11-14)32-2)27-20(18-5-4-6-34-18)19(22(29)24(27)30)21(28)16-7-12(25)8-17(26)23(16)33-3/h4-11,20,28H,1-3H3/b21-19-. The number of benzene rings is 2. The summed E-state index contributed by atoms with van der Waals surface area (Å²) in [6.45, 7) is 0. The number of anilines is 1. The van der Waals surface area contributed by atoms with Crippen LogP contribution in [-0.4, -0.2) is 38.1 Å². The van der Waals surface area contributed by atoms with Gasteiger partial charge in [0.05, 0.1) is 49.4 Å². The van der Waals surface area contributed by atoms with Gasteiger partial charge in [0, 0.05) is 23.2 Å². The second-order valence-corrected chi connectivity index (χ2v) is 8.07. The zero-order valence-corrected chi connectivity index (χ0v) is 19.8. The number of ketones is 1. The summed E-state index contributed by atoms with van der Waals surface area (Å²) >= 11 is 12.4.